The van der Waals surface area contributed by atoms with E-state index in [1.54, 1.807) is 0 Å². The van der Waals surface area contributed by atoms with Gasteiger partial charge in [0.25, 0.3) is 0 Å². The summed E-state index contributed by atoms with van der Waals surface area (Å²) in [6.45, 7) is 3.85. The van der Waals surface area contributed by atoms with Crippen LogP contribution >= 0.6 is 0 Å². The van der Waals surface area contributed by atoms with Crippen LogP contribution in [0, 0.1) is 11.8 Å². The van der Waals surface area contributed by atoms with Crippen molar-refractivity contribution in [1.82, 2.24) is 5.43 Å². The highest BCUT2D eigenvalue weighted by molar-refractivity contribution is 5.03. The number of alkyl halides is 3. The summed E-state index contributed by atoms with van der Waals surface area (Å²) in [4.78, 5) is 0. The van der Waals surface area contributed by atoms with Gasteiger partial charge in [0.05, 0.1) is 5.92 Å². The maximum absolute atomic E-state index is 12.7. The molecule has 0 aromatic rings. The van der Waals surface area contributed by atoms with Crippen LogP contribution in [0.4, 0.5) is 13.2 Å². The average Bonchev–Trinajstić information content (AvgIpc) is 2.24. The van der Waals surface area contributed by atoms with Crippen molar-refractivity contribution in [2.24, 2.45) is 17.7 Å². The highest BCUT2D eigenvalue weighted by Crippen LogP contribution is 2.41. The molecule has 0 bridgehead atoms. The van der Waals surface area contributed by atoms with Gasteiger partial charge in [-0.15, -0.1) is 0 Å². The zero-order valence-corrected chi connectivity index (χ0v) is 10.3. The molecule has 0 aromatic carbocycles. The molecule has 0 aliphatic heterocycles. The van der Waals surface area contributed by atoms with Gasteiger partial charge in [-0.05, 0) is 39.0 Å². The first kappa shape index (κ1) is 14.5. The molecule has 3 atom stereocenters. The normalized spacial score (nSPS) is 27.6. The molecule has 2 nitrogen and oxygen atoms in total. The third-order valence-electron chi connectivity index (χ3n) is 3.39. The van der Waals surface area contributed by atoms with Crippen molar-refractivity contribution in [3.8, 4) is 0 Å². The van der Waals surface area contributed by atoms with E-state index in [0.717, 1.165) is 12.0 Å². The van der Waals surface area contributed by atoms with Crippen LogP contribution in [-0.2, 0) is 0 Å². The fourth-order valence-electron chi connectivity index (χ4n) is 2.53. The Labute approximate surface area is 100 Å². The molecular formula is C12H21F3N2. The zero-order chi connectivity index (χ0) is 13.1. The van der Waals surface area contributed by atoms with Crippen LogP contribution in [0.1, 0.15) is 39.5 Å². The minimum Gasteiger partial charge on any atom is -0.271 e. The largest absolute Gasteiger partial charge is 0.391 e. The first-order valence-corrected chi connectivity index (χ1v) is 6.02. The lowest BCUT2D eigenvalue weighted by molar-refractivity contribution is -0.186. The van der Waals surface area contributed by atoms with Crippen LogP contribution in [0.25, 0.3) is 0 Å². The first-order valence-electron chi connectivity index (χ1n) is 6.02. The molecule has 0 aromatic heterocycles. The molecule has 5 heteroatoms. The Morgan fingerprint density at radius 1 is 1.35 bits per heavy atom. The summed E-state index contributed by atoms with van der Waals surface area (Å²) in [5, 5.41) is 0. The number of halogens is 3. The quantitative estimate of drug-likeness (QED) is 0.459. The van der Waals surface area contributed by atoms with Crippen LogP contribution in [-0.4, -0.2) is 12.2 Å². The maximum atomic E-state index is 12.7. The molecule has 0 amide bonds. The minimum atomic E-state index is -4.07. The number of hydrogen-bond donors (Lipinski definition) is 2. The molecular weight excluding hydrogens is 229 g/mol. The standard InChI is InChI=1S/C12H21F3N2/c1-8(2)6-11(17-16)9-4-3-5-10(7-9)12(13,14)15/h6,9-11,17H,3-5,7,16H2,1-2H3. The third-order valence-corrected chi connectivity index (χ3v) is 3.39. The molecule has 1 aliphatic rings. The molecule has 1 saturated carbocycles. The van der Waals surface area contributed by atoms with Gasteiger partial charge < -0.3 is 0 Å². The topological polar surface area (TPSA) is 38.0 Å². The molecule has 1 rings (SSSR count). The predicted molar refractivity (Wildman–Crippen MR) is 62.0 cm³/mol. The lowest BCUT2D eigenvalue weighted by Crippen LogP contribution is -2.43. The van der Waals surface area contributed by atoms with Crippen molar-refractivity contribution in [2.45, 2.75) is 51.7 Å². The second-order valence-electron chi connectivity index (χ2n) is 5.10. The molecule has 0 spiro atoms. The monoisotopic (exact) mass is 250 g/mol. The second kappa shape index (κ2) is 5.87. The molecule has 0 heterocycles. The predicted octanol–water partition coefficient (Wildman–Crippen LogP) is 3.15. The molecule has 3 N–H and O–H groups in total. The second-order valence-corrected chi connectivity index (χ2v) is 5.10. The Kier molecular flexibility index (Phi) is 5.01. The number of nitrogens with one attached hydrogen (secondary N) is 1. The lowest BCUT2D eigenvalue weighted by atomic mass is 9.77. The average molecular weight is 250 g/mol. The zero-order valence-electron chi connectivity index (χ0n) is 10.3. The van der Waals surface area contributed by atoms with Gasteiger partial charge >= 0.3 is 6.18 Å². The van der Waals surface area contributed by atoms with Crippen molar-refractivity contribution in [3.63, 3.8) is 0 Å². The van der Waals surface area contributed by atoms with E-state index >= 15 is 0 Å². The number of rotatable bonds is 3. The Morgan fingerprint density at radius 2 is 2.00 bits per heavy atom. The van der Waals surface area contributed by atoms with Crippen LogP contribution in [0.3, 0.4) is 0 Å². The summed E-state index contributed by atoms with van der Waals surface area (Å²) < 4.78 is 38.0. The van der Waals surface area contributed by atoms with E-state index in [-0.39, 0.29) is 24.8 Å². The Morgan fingerprint density at radius 3 is 2.47 bits per heavy atom. The van der Waals surface area contributed by atoms with Gasteiger partial charge in [0.1, 0.15) is 0 Å². The van der Waals surface area contributed by atoms with Gasteiger partial charge in [0.15, 0.2) is 0 Å². The van der Waals surface area contributed by atoms with E-state index < -0.39 is 12.1 Å². The first-order chi connectivity index (χ1) is 7.84. The van der Waals surface area contributed by atoms with Gasteiger partial charge in [-0.1, -0.05) is 18.1 Å². The van der Waals surface area contributed by atoms with Gasteiger partial charge in [-0.3, -0.25) is 11.3 Å². The molecule has 1 fully saturated rings. The van der Waals surface area contributed by atoms with Crippen LogP contribution in [0.15, 0.2) is 11.6 Å². The van der Waals surface area contributed by atoms with Crippen molar-refractivity contribution >= 4 is 0 Å². The van der Waals surface area contributed by atoms with Gasteiger partial charge in [0.2, 0.25) is 0 Å². The number of hydrazine groups is 1. The van der Waals surface area contributed by atoms with Crippen molar-refractivity contribution in [2.75, 3.05) is 0 Å². The summed E-state index contributed by atoms with van der Waals surface area (Å²) in [7, 11) is 0. The number of nitrogens with two attached hydrogens (primary N) is 1. The summed E-state index contributed by atoms with van der Waals surface area (Å²) in [6, 6.07) is -0.148. The third kappa shape index (κ3) is 4.32. The van der Waals surface area contributed by atoms with Gasteiger partial charge in [-0.25, -0.2) is 0 Å². The van der Waals surface area contributed by atoms with E-state index in [9.17, 15) is 13.2 Å². The highest BCUT2D eigenvalue weighted by atomic mass is 19.4. The molecule has 17 heavy (non-hydrogen) atoms. The van der Waals surface area contributed by atoms with E-state index in [4.69, 9.17) is 5.84 Å². The number of allylic oxidation sites excluding steroid dienone is 1. The van der Waals surface area contributed by atoms with Crippen LogP contribution < -0.4 is 11.3 Å². The molecule has 1 aliphatic carbocycles. The SMILES string of the molecule is CC(C)=CC(NN)C1CCCC(C(F)(F)F)C1. The molecule has 0 radical (unpaired) electrons. The molecule has 0 saturated heterocycles. The lowest BCUT2D eigenvalue weighted by Gasteiger charge is -2.34. The van der Waals surface area contributed by atoms with Crippen molar-refractivity contribution in [3.05, 3.63) is 11.6 Å². The van der Waals surface area contributed by atoms with E-state index in [1.807, 2.05) is 19.9 Å². The van der Waals surface area contributed by atoms with Crippen molar-refractivity contribution < 1.29 is 13.2 Å². The fourth-order valence-corrected chi connectivity index (χ4v) is 2.53. The Bertz CT molecular complexity index is 269. The summed E-state index contributed by atoms with van der Waals surface area (Å²) in [5.74, 6) is 4.25. The fraction of sp³-hybridized carbons (Fsp3) is 0.833. The van der Waals surface area contributed by atoms with E-state index in [1.165, 1.54) is 0 Å². The summed E-state index contributed by atoms with van der Waals surface area (Å²) in [6.07, 6.45) is -0.269. The maximum Gasteiger partial charge on any atom is 0.391 e. The molecule has 100 valence electrons. The van der Waals surface area contributed by atoms with Gasteiger partial charge in [-0.2, -0.15) is 13.2 Å². The highest BCUT2D eigenvalue weighted by Gasteiger charge is 2.43. The Hall–Kier alpha value is -0.550. The van der Waals surface area contributed by atoms with Crippen molar-refractivity contribution in [1.29, 1.82) is 0 Å². The van der Waals surface area contributed by atoms with Crippen LogP contribution in [0.2, 0.25) is 0 Å². The molecule has 3 unspecified atom stereocenters. The summed E-state index contributed by atoms with van der Waals surface area (Å²) in [5.41, 5.74) is 3.70. The number of hydrogen-bond acceptors (Lipinski definition) is 2. The van der Waals surface area contributed by atoms with E-state index in [0.29, 0.717) is 6.42 Å². The minimum absolute atomic E-state index is 0.0183. The van der Waals surface area contributed by atoms with Gasteiger partial charge in [0, 0.05) is 6.04 Å². The van der Waals surface area contributed by atoms with Crippen LogP contribution in [0.5, 0.6) is 0 Å². The Balaban J connectivity index is 2.68. The smallest absolute Gasteiger partial charge is 0.271 e. The van der Waals surface area contributed by atoms with E-state index in [2.05, 4.69) is 5.43 Å². The summed E-state index contributed by atoms with van der Waals surface area (Å²) >= 11 is 0.